The molecule has 2 rings (SSSR count). The normalized spacial score (nSPS) is 10.9. The molecule has 0 fully saturated rings. The molecule has 0 spiro atoms. The number of aryl methyl sites for hydroxylation is 1. The standard InChI is InChI=1S/C22H29NO3/c1-14(2)17-8-7-9-18(15(3)4)22(17)23-21(24)13-26-19-11-10-16(5)12-20(19)25-6/h7-12,14-15H,13H2,1-6H3,(H,23,24). The minimum Gasteiger partial charge on any atom is -0.493 e. The second-order valence-electron chi connectivity index (χ2n) is 7.11. The minimum absolute atomic E-state index is 0.0661. The zero-order valence-electron chi connectivity index (χ0n) is 16.6. The lowest BCUT2D eigenvalue weighted by Gasteiger charge is -2.20. The third-order valence-electron chi connectivity index (χ3n) is 4.32. The van der Waals surface area contributed by atoms with Gasteiger partial charge in [-0.2, -0.15) is 0 Å². The molecule has 0 heterocycles. The molecular formula is C22H29NO3. The average molecular weight is 355 g/mol. The van der Waals surface area contributed by atoms with Crippen molar-refractivity contribution in [1.82, 2.24) is 0 Å². The van der Waals surface area contributed by atoms with Crippen LogP contribution in [0.3, 0.4) is 0 Å². The number of hydrogen-bond donors (Lipinski definition) is 1. The minimum atomic E-state index is -0.178. The van der Waals surface area contributed by atoms with Gasteiger partial charge in [-0.3, -0.25) is 4.79 Å². The third kappa shape index (κ3) is 4.78. The summed E-state index contributed by atoms with van der Waals surface area (Å²) in [4.78, 5) is 12.5. The van der Waals surface area contributed by atoms with E-state index in [0.717, 1.165) is 22.4 Å². The first-order chi connectivity index (χ1) is 12.3. The molecule has 0 radical (unpaired) electrons. The Morgan fingerprint density at radius 1 is 1.00 bits per heavy atom. The van der Waals surface area contributed by atoms with Gasteiger partial charge in [0.15, 0.2) is 18.1 Å². The van der Waals surface area contributed by atoms with Crippen LogP contribution >= 0.6 is 0 Å². The molecule has 1 amide bonds. The first kappa shape index (κ1) is 19.8. The van der Waals surface area contributed by atoms with Gasteiger partial charge in [-0.1, -0.05) is 52.0 Å². The molecule has 4 nitrogen and oxygen atoms in total. The van der Waals surface area contributed by atoms with E-state index in [0.29, 0.717) is 23.3 Å². The lowest BCUT2D eigenvalue weighted by molar-refractivity contribution is -0.118. The van der Waals surface area contributed by atoms with Gasteiger partial charge >= 0.3 is 0 Å². The fraction of sp³-hybridized carbons (Fsp3) is 0.409. The summed E-state index contributed by atoms with van der Waals surface area (Å²) in [5.74, 6) is 1.66. The molecule has 0 aliphatic heterocycles. The van der Waals surface area contributed by atoms with Crippen LogP contribution in [0.1, 0.15) is 56.2 Å². The number of para-hydroxylation sites is 1. The Balaban J connectivity index is 2.16. The van der Waals surface area contributed by atoms with Crippen LogP contribution in [0.2, 0.25) is 0 Å². The molecule has 0 bridgehead atoms. The molecule has 0 saturated carbocycles. The van der Waals surface area contributed by atoms with E-state index in [1.165, 1.54) is 0 Å². The molecule has 2 aromatic carbocycles. The van der Waals surface area contributed by atoms with Crippen molar-refractivity contribution in [3.63, 3.8) is 0 Å². The Bertz CT molecular complexity index is 740. The Labute approximate surface area is 156 Å². The molecule has 0 aromatic heterocycles. The van der Waals surface area contributed by atoms with Crippen LogP contribution in [0.4, 0.5) is 5.69 Å². The monoisotopic (exact) mass is 355 g/mol. The van der Waals surface area contributed by atoms with Gasteiger partial charge in [-0.05, 0) is 47.6 Å². The maximum Gasteiger partial charge on any atom is 0.262 e. The molecule has 0 atom stereocenters. The number of ether oxygens (including phenoxy) is 2. The van der Waals surface area contributed by atoms with Crippen LogP contribution in [0.25, 0.3) is 0 Å². The number of methoxy groups -OCH3 is 1. The summed E-state index contributed by atoms with van der Waals surface area (Å²) >= 11 is 0. The number of anilines is 1. The van der Waals surface area contributed by atoms with Gasteiger partial charge in [0, 0.05) is 5.69 Å². The van der Waals surface area contributed by atoms with Gasteiger partial charge < -0.3 is 14.8 Å². The fourth-order valence-electron chi connectivity index (χ4n) is 2.91. The van der Waals surface area contributed by atoms with Gasteiger partial charge in [0.2, 0.25) is 0 Å². The van der Waals surface area contributed by atoms with Crippen LogP contribution in [0.15, 0.2) is 36.4 Å². The maximum atomic E-state index is 12.5. The van der Waals surface area contributed by atoms with Crippen LogP contribution in [0.5, 0.6) is 11.5 Å². The average Bonchev–Trinajstić information content (AvgIpc) is 2.60. The molecule has 26 heavy (non-hydrogen) atoms. The highest BCUT2D eigenvalue weighted by Crippen LogP contribution is 2.32. The largest absolute Gasteiger partial charge is 0.493 e. The Morgan fingerprint density at radius 3 is 2.15 bits per heavy atom. The highest BCUT2D eigenvalue weighted by atomic mass is 16.5. The van der Waals surface area contributed by atoms with Crippen molar-refractivity contribution in [3.8, 4) is 11.5 Å². The first-order valence-electron chi connectivity index (χ1n) is 9.03. The summed E-state index contributed by atoms with van der Waals surface area (Å²) < 4.78 is 11.0. The number of carbonyl (C=O) groups excluding carboxylic acids is 1. The molecule has 4 heteroatoms. The van der Waals surface area contributed by atoms with Gasteiger partial charge in [0.25, 0.3) is 5.91 Å². The predicted octanol–water partition coefficient (Wildman–Crippen LogP) is 5.27. The van der Waals surface area contributed by atoms with Crippen molar-refractivity contribution in [3.05, 3.63) is 53.1 Å². The van der Waals surface area contributed by atoms with Crippen molar-refractivity contribution >= 4 is 11.6 Å². The summed E-state index contributed by atoms with van der Waals surface area (Å²) in [6.07, 6.45) is 0. The van der Waals surface area contributed by atoms with Crippen molar-refractivity contribution in [2.75, 3.05) is 19.0 Å². The van der Waals surface area contributed by atoms with E-state index >= 15 is 0 Å². The summed E-state index contributed by atoms with van der Waals surface area (Å²) in [7, 11) is 1.59. The molecule has 2 aromatic rings. The number of hydrogen-bond acceptors (Lipinski definition) is 3. The fourth-order valence-corrected chi connectivity index (χ4v) is 2.91. The quantitative estimate of drug-likeness (QED) is 0.736. The molecular weight excluding hydrogens is 326 g/mol. The van der Waals surface area contributed by atoms with E-state index in [1.807, 2.05) is 31.2 Å². The zero-order chi connectivity index (χ0) is 19.3. The highest BCUT2D eigenvalue weighted by Gasteiger charge is 2.16. The Morgan fingerprint density at radius 2 is 1.62 bits per heavy atom. The van der Waals surface area contributed by atoms with Gasteiger partial charge in [0.05, 0.1) is 7.11 Å². The second kappa shape index (κ2) is 8.75. The van der Waals surface area contributed by atoms with Gasteiger partial charge in [-0.25, -0.2) is 0 Å². The van der Waals surface area contributed by atoms with Gasteiger partial charge in [-0.15, -0.1) is 0 Å². The maximum absolute atomic E-state index is 12.5. The number of benzene rings is 2. The lowest BCUT2D eigenvalue weighted by atomic mass is 9.92. The molecule has 1 N–H and O–H groups in total. The number of rotatable bonds is 7. The topological polar surface area (TPSA) is 47.6 Å². The first-order valence-corrected chi connectivity index (χ1v) is 9.03. The lowest BCUT2D eigenvalue weighted by Crippen LogP contribution is -2.22. The Kier molecular flexibility index (Phi) is 6.67. The van der Waals surface area contributed by atoms with E-state index < -0.39 is 0 Å². The van der Waals surface area contributed by atoms with Crippen LogP contribution < -0.4 is 14.8 Å². The van der Waals surface area contributed by atoms with Crippen molar-refractivity contribution in [1.29, 1.82) is 0 Å². The van der Waals surface area contributed by atoms with E-state index in [-0.39, 0.29) is 12.5 Å². The smallest absolute Gasteiger partial charge is 0.262 e. The predicted molar refractivity (Wildman–Crippen MR) is 106 cm³/mol. The summed E-state index contributed by atoms with van der Waals surface area (Å²) in [5, 5.41) is 3.06. The molecule has 140 valence electrons. The zero-order valence-corrected chi connectivity index (χ0v) is 16.6. The summed E-state index contributed by atoms with van der Waals surface area (Å²) in [6.45, 7) is 10.4. The highest BCUT2D eigenvalue weighted by molar-refractivity contribution is 5.93. The van der Waals surface area contributed by atoms with E-state index in [1.54, 1.807) is 7.11 Å². The second-order valence-corrected chi connectivity index (χ2v) is 7.11. The van der Waals surface area contributed by atoms with Crippen molar-refractivity contribution in [2.24, 2.45) is 0 Å². The van der Waals surface area contributed by atoms with Gasteiger partial charge in [0.1, 0.15) is 0 Å². The summed E-state index contributed by atoms with van der Waals surface area (Å²) in [5.41, 5.74) is 4.25. The van der Waals surface area contributed by atoms with E-state index in [2.05, 4.69) is 45.1 Å². The van der Waals surface area contributed by atoms with E-state index in [9.17, 15) is 4.79 Å². The van der Waals surface area contributed by atoms with E-state index in [4.69, 9.17) is 9.47 Å². The van der Waals surface area contributed by atoms with Crippen molar-refractivity contribution < 1.29 is 14.3 Å². The molecule has 0 saturated heterocycles. The van der Waals surface area contributed by atoms with Crippen LogP contribution in [0, 0.1) is 6.92 Å². The van der Waals surface area contributed by atoms with Crippen LogP contribution in [-0.4, -0.2) is 19.6 Å². The number of nitrogens with one attached hydrogen (secondary N) is 1. The van der Waals surface area contributed by atoms with Crippen molar-refractivity contribution in [2.45, 2.75) is 46.5 Å². The molecule has 0 aliphatic rings. The third-order valence-corrected chi connectivity index (χ3v) is 4.32. The molecule has 0 aliphatic carbocycles. The SMILES string of the molecule is COc1cc(C)ccc1OCC(=O)Nc1c(C(C)C)cccc1C(C)C. The van der Waals surface area contributed by atoms with Crippen LogP contribution in [-0.2, 0) is 4.79 Å². The number of amides is 1. The summed E-state index contributed by atoms with van der Waals surface area (Å²) in [6, 6.07) is 11.8. The number of carbonyl (C=O) groups is 1. The Hall–Kier alpha value is -2.49. The molecule has 0 unspecified atom stereocenters.